The van der Waals surface area contributed by atoms with Crippen LogP contribution in [0.5, 0.6) is 0 Å². The van der Waals surface area contributed by atoms with Crippen LogP contribution < -0.4 is 5.32 Å². The van der Waals surface area contributed by atoms with Gasteiger partial charge in [-0.2, -0.15) is 0 Å². The fourth-order valence-corrected chi connectivity index (χ4v) is 3.37. The van der Waals surface area contributed by atoms with Crippen LogP contribution in [0, 0.1) is 26.6 Å². The van der Waals surface area contributed by atoms with Gasteiger partial charge in [0.1, 0.15) is 5.82 Å². The van der Waals surface area contributed by atoms with Crippen LogP contribution in [0.2, 0.25) is 5.02 Å². The number of aromatic nitrogens is 1. The summed E-state index contributed by atoms with van der Waals surface area (Å²) < 4.78 is 13.5. The molecular weight excluding hydrogens is 327 g/mol. The molecule has 0 bridgehead atoms. The molecule has 5 heteroatoms. The number of fused-ring (bicyclic) bond motifs is 1. The van der Waals surface area contributed by atoms with Crippen LogP contribution in [0.3, 0.4) is 0 Å². The molecule has 0 saturated heterocycles. The van der Waals surface area contributed by atoms with Gasteiger partial charge >= 0.3 is 0 Å². The first kappa shape index (κ1) is 16.5. The van der Waals surface area contributed by atoms with Crippen LogP contribution >= 0.6 is 11.6 Å². The summed E-state index contributed by atoms with van der Waals surface area (Å²) in [5, 5.41) is 4.12. The number of hydrogen-bond acceptors (Lipinski definition) is 1. The molecule has 1 aromatic heterocycles. The molecule has 3 aromatic rings. The second-order valence-electron chi connectivity index (χ2n) is 6.08. The third kappa shape index (κ3) is 3.15. The minimum atomic E-state index is -0.319. The Morgan fingerprint density at radius 2 is 1.96 bits per heavy atom. The van der Waals surface area contributed by atoms with Crippen molar-refractivity contribution in [1.29, 1.82) is 0 Å². The first-order chi connectivity index (χ1) is 11.3. The Hall–Kier alpha value is -2.33. The van der Waals surface area contributed by atoms with Gasteiger partial charge in [-0.25, -0.2) is 4.39 Å². The maximum Gasteiger partial charge on any atom is 0.228 e. The lowest BCUT2D eigenvalue weighted by molar-refractivity contribution is -0.115. The molecule has 2 aromatic carbocycles. The quantitative estimate of drug-likeness (QED) is 0.684. The van der Waals surface area contributed by atoms with E-state index in [1.54, 1.807) is 6.07 Å². The first-order valence-electron chi connectivity index (χ1n) is 7.68. The van der Waals surface area contributed by atoms with Gasteiger partial charge in [-0.15, -0.1) is 0 Å². The van der Waals surface area contributed by atoms with Gasteiger partial charge in [0, 0.05) is 16.6 Å². The van der Waals surface area contributed by atoms with E-state index in [0.717, 1.165) is 33.3 Å². The maximum absolute atomic E-state index is 13.5. The molecule has 0 fully saturated rings. The van der Waals surface area contributed by atoms with Gasteiger partial charge in [0.15, 0.2) is 0 Å². The molecule has 0 atom stereocenters. The summed E-state index contributed by atoms with van der Waals surface area (Å²) in [5.41, 5.74) is 5.05. The van der Waals surface area contributed by atoms with Crippen molar-refractivity contribution in [2.24, 2.45) is 0 Å². The predicted molar refractivity (Wildman–Crippen MR) is 96.3 cm³/mol. The number of benzene rings is 2. The lowest BCUT2D eigenvalue weighted by Gasteiger charge is -2.12. The SMILES string of the molecule is Cc1cc(C)c(NC(=O)Cc2c(C)[nH]c3ccc(F)cc23)c(Cl)c1. The summed E-state index contributed by atoms with van der Waals surface area (Å²) in [5.74, 6) is -0.502. The van der Waals surface area contributed by atoms with Crippen LogP contribution in [0.15, 0.2) is 30.3 Å². The van der Waals surface area contributed by atoms with Crippen LogP contribution in [0.25, 0.3) is 10.9 Å². The van der Waals surface area contributed by atoms with E-state index < -0.39 is 0 Å². The molecular formula is C19H18ClFN2O. The van der Waals surface area contributed by atoms with Crippen molar-refractivity contribution in [2.45, 2.75) is 27.2 Å². The highest BCUT2D eigenvalue weighted by atomic mass is 35.5. The molecule has 3 rings (SSSR count). The molecule has 0 aliphatic rings. The Morgan fingerprint density at radius 3 is 2.67 bits per heavy atom. The molecule has 0 saturated carbocycles. The van der Waals surface area contributed by atoms with Gasteiger partial charge in [0.05, 0.1) is 17.1 Å². The normalized spacial score (nSPS) is 11.0. The van der Waals surface area contributed by atoms with Gasteiger partial charge in [-0.1, -0.05) is 17.7 Å². The molecule has 124 valence electrons. The summed E-state index contributed by atoms with van der Waals surface area (Å²) in [6.07, 6.45) is 0.152. The van der Waals surface area contributed by atoms with E-state index in [9.17, 15) is 9.18 Å². The highest BCUT2D eigenvalue weighted by Gasteiger charge is 2.15. The highest BCUT2D eigenvalue weighted by molar-refractivity contribution is 6.34. The molecule has 1 amide bonds. The second-order valence-corrected chi connectivity index (χ2v) is 6.49. The minimum Gasteiger partial charge on any atom is -0.358 e. The number of halogens is 2. The van der Waals surface area contributed by atoms with Crippen molar-refractivity contribution < 1.29 is 9.18 Å². The molecule has 2 N–H and O–H groups in total. The van der Waals surface area contributed by atoms with E-state index in [1.165, 1.54) is 12.1 Å². The number of anilines is 1. The Morgan fingerprint density at radius 1 is 1.21 bits per heavy atom. The number of amides is 1. The summed E-state index contributed by atoms with van der Waals surface area (Å²) in [7, 11) is 0. The smallest absolute Gasteiger partial charge is 0.228 e. The van der Waals surface area contributed by atoms with Crippen LogP contribution in [-0.2, 0) is 11.2 Å². The Balaban J connectivity index is 1.88. The summed E-state index contributed by atoms with van der Waals surface area (Å²) in [4.78, 5) is 15.7. The van der Waals surface area contributed by atoms with E-state index in [0.29, 0.717) is 10.7 Å². The largest absolute Gasteiger partial charge is 0.358 e. The number of hydrogen-bond donors (Lipinski definition) is 2. The van der Waals surface area contributed by atoms with Gasteiger partial charge in [-0.3, -0.25) is 4.79 Å². The highest BCUT2D eigenvalue weighted by Crippen LogP contribution is 2.28. The standard InChI is InChI=1S/C19H18ClFN2O/c1-10-6-11(2)19(16(20)7-10)23-18(24)9-14-12(3)22-17-5-4-13(21)8-15(14)17/h4-8,22H,9H2,1-3H3,(H,23,24). The van der Waals surface area contributed by atoms with Crippen LogP contribution in [0.4, 0.5) is 10.1 Å². The van der Waals surface area contributed by atoms with Crippen molar-refractivity contribution in [1.82, 2.24) is 4.98 Å². The van der Waals surface area contributed by atoms with Crippen molar-refractivity contribution in [3.63, 3.8) is 0 Å². The average Bonchev–Trinajstić information content (AvgIpc) is 2.79. The maximum atomic E-state index is 13.5. The van der Waals surface area contributed by atoms with Gasteiger partial charge in [-0.05, 0) is 61.7 Å². The number of rotatable bonds is 3. The minimum absolute atomic E-state index is 0.152. The number of aromatic amines is 1. The molecule has 0 aliphatic heterocycles. The third-order valence-electron chi connectivity index (χ3n) is 4.12. The number of aryl methyl sites for hydroxylation is 3. The van der Waals surface area contributed by atoms with E-state index in [-0.39, 0.29) is 18.1 Å². The summed E-state index contributed by atoms with van der Waals surface area (Å²) >= 11 is 6.24. The molecule has 1 heterocycles. The number of nitrogens with one attached hydrogen (secondary N) is 2. The molecule has 0 radical (unpaired) electrons. The summed E-state index contributed by atoms with van der Waals surface area (Å²) in [6.45, 7) is 5.74. The molecule has 0 spiro atoms. The van der Waals surface area contributed by atoms with Crippen molar-refractivity contribution in [3.8, 4) is 0 Å². The number of carbonyl (C=O) groups is 1. The first-order valence-corrected chi connectivity index (χ1v) is 8.06. The second kappa shape index (κ2) is 6.29. The van der Waals surface area contributed by atoms with Gasteiger partial charge in [0.25, 0.3) is 0 Å². The zero-order valence-electron chi connectivity index (χ0n) is 13.8. The topological polar surface area (TPSA) is 44.9 Å². The zero-order chi connectivity index (χ0) is 17.4. The van der Waals surface area contributed by atoms with Gasteiger partial charge < -0.3 is 10.3 Å². The fourth-order valence-electron chi connectivity index (χ4n) is 3.00. The van der Waals surface area contributed by atoms with Crippen molar-refractivity contribution in [3.05, 3.63) is 63.6 Å². The van der Waals surface area contributed by atoms with E-state index in [2.05, 4.69) is 10.3 Å². The van der Waals surface area contributed by atoms with Crippen molar-refractivity contribution in [2.75, 3.05) is 5.32 Å². The molecule has 24 heavy (non-hydrogen) atoms. The van der Waals surface area contributed by atoms with E-state index in [1.807, 2.05) is 32.9 Å². The van der Waals surface area contributed by atoms with E-state index in [4.69, 9.17) is 11.6 Å². The van der Waals surface area contributed by atoms with Crippen LogP contribution in [-0.4, -0.2) is 10.9 Å². The Labute approximate surface area is 144 Å². The fraction of sp³-hybridized carbons (Fsp3) is 0.211. The summed E-state index contributed by atoms with van der Waals surface area (Å²) in [6, 6.07) is 8.31. The third-order valence-corrected chi connectivity index (χ3v) is 4.41. The number of H-pyrrole nitrogens is 1. The molecule has 0 aliphatic carbocycles. The zero-order valence-corrected chi connectivity index (χ0v) is 14.5. The lowest BCUT2D eigenvalue weighted by Crippen LogP contribution is -2.16. The van der Waals surface area contributed by atoms with E-state index >= 15 is 0 Å². The average molecular weight is 345 g/mol. The van der Waals surface area contributed by atoms with Crippen LogP contribution in [0.1, 0.15) is 22.4 Å². The number of carbonyl (C=O) groups excluding carboxylic acids is 1. The Kier molecular flexibility index (Phi) is 4.33. The van der Waals surface area contributed by atoms with Gasteiger partial charge in [0.2, 0.25) is 5.91 Å². The Bertz CT molecular complexity index is 923. The molecule has 0 unspecified atom stereocenters. The predicted octanol–water partition coefficient (Wildman–Crippen LogP) is 5.07. The lowest BCUT2D eigenvalue weighted by atomic mass is 10.1. The van der Waals surface area contributed by atoms with Crippen molar-refractivity contribution >= 4 is 34.1 Å². The monoisotopic (exact) mass is 344 g/mol. The molecule has 3 nitrogen and oxygen atoms in total.